The van der Waals surface area contributed by atoms with Crippen molar-refractivity contribution in [3.05, 3.63) is 23.1 Å². The van der Waals surface area contributed by atoms with Gasteiger partial charge >= 0.3 is 0 Å². The van der Waals surface area contributed by atoms with Crippen molar-refractivity contribution in [1.82, 2.24) is 0 Å². The summed E-state index contributed by atoms with van der Waals surface area (Å²) in [6.07, 6.45) is 0.764. The average molecular weight is 210 g/mol. The van der Waals surface area contributed by atoms with E-state index in [9.17, 15) is 9.90 Å². The van der Waals surface area contributed by atoms with E-state index in [0.717, 1.165) is 11.0 Å². The van der Waals surface area contributed by atoms with E-state index >= 15 is 0 Å². The van der Waals surface area contributed by atoms with Gasteiger partial charge in [-0.25, -0.2) is 0 Å². The third-order valence-corrected chi connectivity index (χ3v) is 3.26. The van der Waals surface area contributed by atoms with Gasteiger partial charge in [0.1, 0.15) is 5.75 Å². The molecule has 0 amide bonds. The summed E-state index contributed by atoms with van der Waals surface area (Å²) in [6.45, 7) is 0. The Morgan fingerprint density at radius 2 is 2.23 bits per heavy atom. The lowest BCUT2D eigenvalue weighted by molar-refractivity contribution is 0.112. The average Bonchev–Trinajstić information content (AvgIpc) is 2.48. The molecule has 0 fully saturated rings. The first-order valence-corrected chi connectivity index (χ1v) is 4.94. The van der Waals surface area contributed by atoms with Crippen LogP contribution in [-0.4, -0.2) is 11.4 Å². The fourth-order valence-corrected chi connectivity index (χ4v) is 2.47. The molecule has 0 aliphatic rings. The van der Waals surface area contributed by atoms with Crippen molar-refractivity contribution in [1.29, 1.82) is 0 Å². The maximum absolute atomic E-state index is 10.7. The second kappa shape index (κ2) is 3.05. The van der Waals surface area contributed by atoms with E-state index < -0.39 is 0 Å². The first-order chi connectivity index (χ1) is 6.24. The van der Waals surface area contributed by atoms with E-state index in [0.29, 0.717) is 15.8 Å². The van der Waals surface area contributed by atoms with E-state index in [4.69, 9.17) is 0 Å². The lowest BCUT2D eigenvalue weighted by atomic mass is 10.2. The van der Waals surface area contributed by atoms with E-state index in [-0.39, 0.29) is 5.75 Å². The standard InChI is InChI=1S/C9H6O2S2/c10-3-6-8(12)2-1-5-7(11)4-13-9(5)6/h1-4,11-12H. The molecule has 0 bridgehead atoms. The summed E-state index contributed by atoms with van der Waals surface area (Å²) in [7, 11) is 0. The minimum Gasteiger partial charge on any atom is -0.506 e. The molecule has 66 valence electrons. The Bertz CT molecular complexity index is 474. The van der Waals surface area contributed by atoms with Crippen molar-refractivity contribution in [2.75, 3.05) is 0 Å². The Kier molecular flexibility index (Phi) is 2.01. The number of thiophene rings is 1. The Morgan fingerprint density at radius 1 is 1.46 bits per heavy atom. The smallest absolute Gasteiger partial charge is 0.152 e. The predicted octanol–water partition coefficient (Wildman–Crippen LogP) is 2.71. The maximum atomic E-state index is 10.7. The molecule has 0 atom stereocenters. The molecule has 0 radical (unpaired) electrons. The van der Waals surface area contributed by atoms with Gasteiger partial charge in [-0.05, 0) is 12.1 Å². The largest absolute Gasteiger partial charge is 0.506 e. The minimum absolute atomic E-state index is 0.219. The number of carbonyl (C=O) groups is 1. The highest BCUT2D eigenvalue weighted by Gasteiger charge is 2.08. The second-order valence-corrected chi connectivity index (χ2v) is 3.98. The van der Waals surface area contributed by atoms with Gasteiger partial charge in [0.05, 0.1) is 0 Å². The molecular weight excluding hydrogens is 204 g/mol. The van der Waals surface area contributed by atoms with Gasteiger partial charge < -0.3 is 5.11 Å². The lowest BCUT2D eigenvalue weighted by Gasteiger charge is -1.98. The quantitative estimate of drug-likeness (QED) is 0.561. The number of aromatic hydroxyl groups is 1. The Hall–Kier alpha value is -1.00. The van der Waals surface area contributed by atoms with Crippen LogP contribution in [0.2, 0.25) is 0 Å². The van der Waals surface area contributed by atoms with Crippen LogP contribution in [0.3, 0.4) is 0 Å². The number of fused-ring (bicyclic) bond motifs is 1. The molecule has 1 N–H and O–H groups in total. The zero-order chi connectivity index (χ0) is 9.42. The molecule has 0 aliphatic heterocycles. The van der Waals surface area contributed by atoms with Crippen LogP contribution in [0.1, 0.15) is 10.4 Å². The Balaban J connectivity index is 2.92. The van der Waals surface area contributed by atoms with Crippen LogP contribution in [0.5, 0.6) is 5.75 Å². The van der Waals surface area contributed by atoms with Crippen LogP contribution in [0.25, 0.3) is 10.1 Å². The molecule has 4 heteroatoms. The highest BCUT2D eigenvalue weighted by atomic mass is 32.1. The van der Waals surface area contributed by atoms with Gasteiger partial charge in [-0.15, -0.1) is 24.0 Å². The van der Waals surface area contributed by atoms with Gasteiger partial charge in [0, 0.05) is 25.9 Å². The van der Waals surface area contributed by atoms with Crippen molar-refractivity contribution in [2.45, 2.75) is 4.90 Å². The highest BCUT2D eigenvalue weighted by Crippen LogP contribution is 2.35. The Morgan fingerprint density at radius 3 is 2.92 bits per heavy atom. The summed E-state index contributed by atoms with van der Waals surface area (Å²) in [5.41, 5.74) is 0.547. The van der Waals surface area contributed by atoms with Gasteiger partial charge in [-0.1, -0.05) is 0 Å². The van der Waals surface area contributed by atoms with Crippen LogP contribution in [0.4, 0.5) is 0 Å². The summed E-state index contributed by atoms with van der Waals surface area (Å²) < 4.78 is 0.792. The second-order valence-electron chi connectivity index (χ2n) is 2.61. The SMILES string of the molecule is O=Cc1c(S)ccc2c(O)csc12. The summed E-state index contributed by atoms with van der Waals surface area (Å²) in [5, 5.41) is 11.7. The van der Waals surface area contributed by atoms with Crippen molar-refractivity contribution >= 4 is 40.3 Å². The molecule has 13 heavy (non-hydrogen) atoms. The van der Waals surface area contributed by atoms with Crippen molar-refractivity contribution in [2.24, 2.45) is 0 Å². The third-order valence-electron chi connectivity index (χ3n) is 1.86. The van der Waals surface area contributed by atoms with E-state index in [2.05, 4.69) is 12.6 Å². The molecule has 2 aromatic rings. The number of aldehydes is 1. The van der Waals surface area contributed by atoms with Crippen molar-refractivity contribution in [3.8, 4) is 5.75 Å². The zero-order valence-electron chi connectivity index (χ0n) is 6.52. The topological polar surface area (TPSA) is 37.3 Å². The molecule has 0 saturated carbocycles. The molecule has 0 saturated heterocycles. The van der Waals surface area contributed by atoms with E-state index in [1.807, 2.05) is 0 Å². The van der Waals surface area contributed by atoms with Crippen LogP contribution >= 0.6 is 24.0 Å². The van der Waals surface area contributed by atoms with Crippen LogP contribution < -0.4 is 0 Å². The number of rotatable bonds is 1. The first kappa shape index (κ1) is 8.59. The number of thiol groups is 1. The van der Waals surface area contributed by atoms with Crippen LogP contribution in [0.15, 0.2) is 22.4 Å². The van der Waals surface area contributed by atoms with Crippen LogP contribution in [-0.2, 0) is 0 Å². The van der Waals surface area contributed by atoms with Crippen molar-refractivity contribution < 1.29 is 9.90 Å². The fraction of sp³-hybridized carbons (Fsp3) is 0. The van der Waals surface area contributed by atoms with Gasteiger partial charge in [0.15, 0.2) is 6.29 Å². The minimum atomic E-state index is 0.219. The van der Waals surface area contributed by atoms with E-state index in [1.54, 1.807) is 17.5 Å². The lowest BCUT2D eigenvalue weighted by Crippen LogP contribution is -1.81. The van der Waals surface area contributed by atoms with E-state index in [1.165, 1.54) is 11.3 Å². The molecule has 1 aromatic carbocycles. The number of carbonyl (C=O) groups excluding carboxylic acids is 1. The first-order valence-electron chi connectivity index (χ1n) is 3.61. The molecule has 1 aromatic heterocycles. The normalized spacial score (nSPS) is 10.5. The monoisotopic (exact) mass is 210 g/mol. The summed E-state index contributed by atoms with van der Waals surface area (Å²) in [4.78, 5) is 11.4. The van der Waals surface area contributed by atoms with Gasteiger partial charge in [-0.2, -0.15) is 0 Å². The number of benzene rings is 1. The van der Waals surface area contributed by atoms with Gasteiger partial charge in [-0.3, -0.25) is 4.79 Å². The number of hydrogen-bond donors (Lipinski definition) is 2. The molecule has 0 spiro atoms. The summed E-state index contributed by atoms with van der Waals surface area (Å²) >= 11 is 5.51. The van der Waals surface area contributed by atoms with Crippen LogP contribution in [0, 0.1) is 0 Å². The third kappa shape index (κ3) is 1.22. The molecule has 2 rings (SSSR count). The highest BCUT2D eigenvalue weighted by molar-refractivity contribution is 7.80. The summed E-state index contributed by atoms with van der Waals surface area (Å²) in [6, 6.07) is 3.47. The van der Waals surface area contributed by atoms with Gasteiger partial charge in [0.25, 0.3) is 0 Å². The zero-order valence-corrected chi connectivity index (χ0v) is 8.23. The summed E-state index contributed by atoms with van der Waals surface area (Å²) in [5.74, 6) is 0.219. The van der Waals surface area contributed by atoms with Crippen molar-refractivity contribution in [3.63, 3.8) is 0 Å². The predicted molar refractivity (Wildman–Crippen MR) is 56.1 cm³/mol. The maximum Gasteiger partial charge on any atom is 0.152 e. The number of hydrogen-bond acceptors (Lipinski definition) is 4. The molecule has 2 nitrogen and oxygen atoms in total. The Labute approximate surface area is 84.2 Å². The van der Waals surface area contributed by atoms with Gasteiger partial charge in [0.2, 0.25) is 0 Å². The molecule has 1 heterocycles. The molecule has 0 unspecified atom stereocenters. The molecule has 0 aliphatic carbocycles. The molecular formula is C9H6O2S2. The fourth-order valence-electron chi connectivity index (χ4n) is 1.21.